The zero-order valence-corrected chi connectivity index (χ0v) is 14.8. The Kier molecular flexibility index (Phi) is 5.80. The van der Waals surface area contributed by atoms with Gasteiger partial charge >= 0.3 is 0 Å². The number of fused-ring (bicyclic) bond motifs is 2. The molecule has 8 heteroatoms. The molecule has 1 aromatic heterocycles. The molecule has 118 valence electrons. The third-order valence-corrected chi connectivity index (χ3v) is 4.10. The molecule has 3 atom stereocenters. The number of nitrogens with zero attached hydrogens (tertiary/aromatic N) is 4. The summed E-state index contributed by atoms with van der Waals surface area (Å²) >= 11 is 0. The summed E-state index contributed by atoms with van der Waals surface area (Å²) in [5.74, 6) is 1.72. The number of halogens is 1. The van der Waals surface area contributed by atoms with Gasteiger partial charge in [0.1, 0.15) is 6.33 Å². The van der Waals surface area contributed by atoms with Crippen LogP contribution in [-0.2, 0) is 17.8 Å². The van der Waals surface area contributed by atoms with E-state index in [4.69, 9.17) is 4.74 Å². The number of aliphatic imine (C=N–C) groups is 1. The van der Waals surface area contributed by atoms with Crippen molar-refractivity contribution in [3.8, 4) is 0 Å². The van der Waals surface area contributed by atoms with Crippen molar-refractivity contribution in [2.24, 2.45) is 4.99 Å². The van der Waals surface area contributed by atoms with E-state index in [2.05, 4.69) is 32.7 Å². The minimum Gasteiger partial charge on any atom is -0.373 e. The number of guanidine groups is 1. The second kappa shape index (κ2) is 7.39. The smallest absolute Gasteiger partial charge is 0.191 e. The average Bonchev–Trinajstić information content (AvgIpc) is 3.18. The monoisotopic (exact) mass is 406 g/mol. The van der Waals surface area contributed by atoms with Crippen molar-refractivity contribution in [1.29, 1.82) is 0 Å². The van der Waals surface area contributed by atoms with Crippen molar-refractivity contribution in [2.45, 2.75) is 57.5 Å². The fourth-order valence-electron chi connectivity index (χ4n) is 3.00. The summed E-state index contributed by atoms with van der Waals surface area (Å²) in [6, 6.07) is 0.379. The van der Waals surface area contributed by atoms with Gasteiger partial charge in [-0.1, -0.05) is 0 Å². The molecule has 0 aliphatic carbocycles. The predicted molar refractivity (Wildman–Crippen MR) is 90.7 cm³/mol. The maximum atomic E-state index is 5.85. The van der Waals surface area contributed by atoms with E-state index in [0.717, 1.165) is 31.2 Å². The van der Waals surface area contributed by atoms with Crippen molar-refractivity contribution in [1.82, 2.24) is 25.4 Å². The Morgan fingerprint density at radius 2 is 2.38 bits per heavy atom. The normalized spacial score (nSPS) is 27.5. The van der Waals surface area contributed by atoms with E-state index in [1.165, 1.54) is 6.42 Å². The van der Waals surface area contributed by atoms with Crippen LogP contribution >= 0.6 is 24.0 Å². The van der Waals surface area contributed by atoms with Crippen LogP contribution < -0.4 is 10.6 Å². The van der Waals surface area contributed by atoms with Crippen molar-refractivity contribution in [3.63, 3.8) is 0 Å². The number of ether oxygens (including phenoxy) is 1. The van der Waals surface area contributed by atoms with Gasteiger partial charge in [-0.05, 0) is 26.2 Å². The maximum Gasteiger partial charge on any atom is 0.191 e. The summed E-state index contributed by atoms with van der Waals surface area (Å²) in [7, 11) is 1.79. The molecule has 2 N–H and O–H groups in total. The minimum atomic E-state index is 0. The maximum absolute atomic E-state index is 5.85. The van der Waals surface area contributed by atoms with Gasteiger partial charge in [-0.2, -0.15) is 0 Å². The molecule has 7 nitrogen and oxygen atoms in total. The van der Waals surface area contributed by atoms with Gasteiger partial charge in [0, 0.05) is 13.6 Å². The van der Waals surface area contributed by atoms with Crippen LogP contribution in [0.5, 0.6) is 0 Å². The molecule has 2 aliphatic heterocycles. The van der Waals surface area contributed by atoms with Crippen molar-refractivity contribution >= 4 is 29.9 Å². The van der Waals surface area contributed by atoms with Crippen LogP contribution in [0.15, 0.2) is 11.3 Å². The second-order valence-electron chi connectivity index (χ2n) is 5.32. The predicted octanol–water partition coefficient (Wildman–Crippen LogP) is 0.901. The van der Waals surface area contributed by atoms with Gasteiger partial charge in [0.05, 0.1) is 24.8 Å². The lowest BCUT2D eigenvalue weighted by atomic mass is 9.96. The molecule has 3 heterocycles. The fraction of sp³-hybridized carbons (Fsp3) is 0.769. The molecule has 0 spiro atoms. The lowest BCUT2D eigenvalue weighted by Crippen LogP contribution is -2.47. The summed E-state index contributed by atoms with van der Waals surface area (Å²) in [6.45, 7) is 3.57. The van der Waals surface area contributed by atoms with Crippen LogP contribution in [0.2, 0.25) is 0 Å². The van der Waals surface area contributed by atoms with E-state index >= 15 is 0 Å². The first-order valence-electron chi connectivity index (χ1n) is 7.29. The van der Waals surface area contributed by atoms with Gasteiger partial charge in [0.15, 0.2) is 11.8 Å². The summed E-state index contributed by atoms with van der Waals surface area (Å²) in [5.41, 5.74) is 0. The Morgan fingerprint density at radius 1 is 1.52 bits per heavy atom. The quantitative estimate of drug-likeness (QED) is 0.442. The van der Waals surface area contributed by atoms with Crippen molar-refractivity contribution in [2.75, 3.05) is 7.05 Å². The Labute approximate surface area is 142 Å². The lowest BCUT2D eigenvalue weighted by Gasteiger charge is -2.22. The number of aromatic nitrogens is 3. The van der Waals surface area contributed by atoms with Crippen LogP contribution in [0.4, 0.5) is 0 Å². The van der Waals surface area contributed by atoms with E-state index in [9.17, 15) is 0 Å². The zero-order chi connectivity index (χ0) is 13.9. The first kappa shape index (κ1) is 16.5. The number of rotatable bonds is 4. The fourth-order valence-corrected chi connectivity index (χ4v) is 3.00. The van der Waals surface area contributed by atoms with E-state index in [-0.39, 0.29) is 24.0 Å². The van der Waals surface area contributed by atoms with Gasteiger partial charge in [0.2, 0.25) is 0 Å². The second-order valence-corrected chi connectivity index (χ2v) is 5.32. The van der Waals surface area contributed by atoms with Gasteiger partial charge in [-0.15, -0.1) is 34.2 Å². The van der Waals surface area contributed by atoms with Crippen LogP contribution in [0.3, 0.4) is 0 Å². The summed E-state index contributed by atoms with van der Waals surface area (Å²) < 4.78 is 7.86. The molecule has 2 saturated heterocycles. The third kappa shape index (κ3) is 3.65. The molecule has 3 rings (SSSR count). The minimum absolute atomic E-state index is 0. The van der Waals surface area contributed by atoms with Gasteiger partial charge in [-0.3, -0.25) is 4.99 Å². The summed E-state index contributed by atoms with van der Waals surface area (Å²) in [5, 5.41) is 14.8. The van der Waals surface area contributed by atoms with Crippen LogP contribution in [0.1, 0.15) is 32.0 Å². The highest BCUT2D eigenvalue weighted by molar-refractivity contribution is 14.0. The summed E-state index contributed by atoms with van der Waals surface area (Å²) in [6.07, 6.45) is 5.97. The number of aryl methyl sites for hydroxylation is 1. The first-order valence-corrected chi connectivity index (χ1v) is 7.29. The van der Waals surface area contributed by atoms with Gasteiger partial charge < -0.3 is 19.9 Å². The Hall–Kier alpha value is -0.900. The molecule has 2 aliphatic rings. The molecule has 0 saturated carbocycles. The molecule has 0 amide bonds. The van der Waals surface area contributed by atoms with E-state index in [1.54, 1.807) is 13.4 Å². The van der Waals surface area contributed by atoms with E-state index in [1.807, 2.05) is 4.57 Å². The molecule has 3 unspecified atom stereocenters. The van der Waals surface area contributed by atoms with Crippen LogP contribution in [0.25, 0.3) is 0 Å². The van der Waals surface area contributed by atoms with Crippen molar-refractivity contribution in [3.05, 3.63) is 12.2 Å². The molecule has 21 heavy (non-hydrogen) atoms. The molecular weight excluding hydrogens is 383 g/mol. The molecule has 2 bridgehead atoms. The largest absolute Gasteiger partial charge is 0.373 e. The first-order chi connectivity index (χ1) is 9.80. The molecule has 1 aromatic rings. The van der Waals surface area contributed by atoms with E-state index < -0.39 is 0 Å². The standard InChI is InChI=1S/C13H22N6O.HI/c1-3-19-8-16-18-12(19)7-15-13(14-2)17-10-6-9-4-5-11(10)20-9;/h8-11H,3-7H2,1-2H3,(H2,14,15,17);1H. The number of hydrogen-bond acceptors (Lipinski definition) is 4. The Balaban J connectivity index is 0.00000161. The zero-order valence-electron chi connectivity index (χ0n) is 12.5. The van der Waals surface area contributed by atoms with Crippen LogP contribution in [0, 0.1) is 0 Å². The average molecular weight is 406 g/mol. The number of hydrogen-bond donors (Lipinski definition) is 2. The molecular formula is C13H23IN6O. The SMILES string of the molecule is CCn1cnnc1CNC(=NC)NC1CC2CCC1O2.I. The van der Waals surface area contributed by atoms with Crippen LogP contribution in [-0.4, -0.2) is 46.0 Å². The topological polar surface area (TPSA) is 76.4 Å². The third-order valence-electron chi connectivity index (χ3n) is 4.10. The molecule has 0 radical (unpaired) electrons. The Bertz CT molecular complexity index is 491. The van der Waals surface area contributed by atoms with E-state index in [0.29, 0.717) is 24.8 Å². The molecule has 0 aromatic carbocycles. The molecule has 2 fully saturated rings. The highest BCUT2D eigenvalue weighted by Crippen LogP contribution is 2.34. The lowest BCUT2D eigenvalue weighted by molar-refractivity contribution is 0.0992. The Morgan fingerprint density at radius 3 is 3.00 bits per heavy atom. The van der Waals surface area contributed by atoms with Crippen molar-refractivity contribution < 1.29 is 4.74 Å². The highest BCUT2D eigenvalue weighted by atomic mass is 127. The number of nitrogens with one attached hydrogen (secondary N) is 2. The highest BCUT2D eigenvalue weighted by Gasteiger charge is 2.41. The van der Waals surface area contributed by atoms with Gasteiger partial charge in [-0.25, -0.2) is 0 Å². The van der Waals surface area contributed by atoms with Gasteiger partial charge in [0.25, 0.3) is 0 Å². The summed E-state index contributed by atoms with van der Waals surface area (Å²) in [4.78, 5) is 4.27.